The number of rotatable bonds is 4. The van der Waals surface area contributed by atoms with Crippen LogP contribution in [-0.4, -0.2) is 18.1 Å². The van der Waals surface area contributed by atoms with Gasteiger partial charge >= 0.3 is 5.97 Å². The zero-order chi connectivity index (χ0) is 16.2. The summed E-state index contributed by atoms with van der Waals surface area (Å²) >= 11 is 0. The molecule has 0 bridgehead atoms. The molecule has 2 aromatic rings. The van der Waals surface area contributed by atoms with E-state index in [1.54, 1.807) is 12.1 Å². The van der Waals surface area contributed by atoms with Crippen molar-refractivity contribution in [1.29, 1.82) is 0 Å². The van der Waals surface area contributed by atoms with Crippen molar-refractivity contribution in [2.45, 2.75) is 25.7 Å². The Morgan fingerprint density at radius 2 is 1.57 bits per heavy atom. The Balaban J connectivity index is 1.78. The third kappa shape index (κ3) is 3.45. The van der Waals surface area contributed by atoms with Gasteiger partial charge in [-0.3, -0.25) is 0 Å². The lowest BCUT2D eigenvalue weighted by Gasteiger charge is -2.20. The Morgan fingerprint density at radius 1 is 0.957 bits per heavy atom. The van der Waals surface area contributed by atoms with Crippen LogP contribution in [0.15, 0.2) is 54.6 Å². The molecule has 0 saturated carbocycles. The molecular formula is C20H21NO2. The summed E-state index contributed by atoms with van der Waals surface area (Å²) in [4.78, 5) is 13.0. The second-order valence-corrected chi connectivity index (χ2v) is 5.93. The average molecular weight is 307 g/mol. The van der Waals surface area contributed by atoms with E-state index in [0.717, 1.165) is 11.4 Å². The topological polar surface area (TPSA) is 40.5 Å². The highest BCUT2D eigenvalue weighted by molar-refractivity contribution is 5.88. The summed E-state index contributed by atoms with van der Waals surface area (Å²) in [5.41, 5.74) is 5.13. The predicted octanol–water partition coefficient (Wildman–Crippen LogP) is 5.11. The molecule has 1 N–H and O–H groups in total. The van der Waals surface area contributed by atoms with Crippen LogP contribution in [-0.2, 0) is 0 Å². The second kappa shape index (κ2) is 6.69. The van der Waals surface area contributed by atoms with Gasteiger partial charge in [-0.05, 0) is 73.2 Å². The summed E-state index contributed by atoms with van der Waals surface area (Å²) in [5.74, 6) is -0.899. The molecule has 0 fully saturated rings. The average Bonchev–Trinajstić information content (AvgIpc) is 2.62. The summed E-state index contributed by atoms with van der Waals surface area (Å²) in [7, 11) is 1.99. The van der Waals surface area contributed by atoms with Crippen molar-refractivity contribution >= 4 is 22.9 Å². The molecule has 0 aromatic heterocycles. The van der Waals surface area contributed by atoms with Gasteiger partial charge in [0.15, 0.2) is 0 Å². The van der Waals surface area contributed by atoms with Crippen LogP contribution in [0.4, 0.5) is 11.4 Å². The van der Waals surface area contributed by atoms with E-state index in [1.165, 1.54) is 36.8 Å². The lowest BCUT2D eigenvalue weighted by atomic mass is 9.93. The maximum atomic E-state index is 10.9. The minimum atomic E-state index is -0.899. The fourth-order valence-electron chi connectivity index (χ4n) is 2.98. The van der Waals surface area contributed by atoms with E-state index >= 15 is 0 Å². The zero-order valence-corrected chi connectivity index (χ0v) is 13.3. The molecule has 0 heterocycles. The summed E-state index contributed by atoms with van der Waals surface area (Å²) in [5, 5.41) is 8.97. The molecule has 0 radical (unpaired) electrons. The summed E-state index contributed by atoms with van der Waals surface area (Å²) in [6.07, 6.45) is 7.30. The third-order valence-corrected chi connectivity index (χ3v) is 4.42. The van der Waals surface area contributed by atoms with E-state index in [0.29, 0.717) is 5.56 Å². The number of hydrogen-bond acceptors (Lipinski definition) is 2. The SMILES string of the molecule is CN(c1ccc(C(=O)O)cc1)c1ccc(C2=CCCCC2)cc1. The number of aromatic carboxylic acids is 1. The first-order chi connectivity index (χ1) is 11.1. The molecule has 0 spiro atoms. The Hall–Kier alpha value is -2.55. The molecule has 3 nitrogen and oxygen atoms in total. The van der Waals surface area contributed by atoms with Gasteiger partial charge in [0.1, 0.15) is 0 Å². The predicted molar refractivity (Wildman–Crippen MR) is 94.4 cm³/mol. The number of benzene rings is 2. The van der Waals surface area contributed by atoms with Gasteiger partial charge in [-0.1, -0.05) is 18.2 Å². The van der Waals surface area contributed by atoms with E-state index in [-0.39, 0.29) is 0 Å². The minimum Gasteiger partial charge on any atom is -0.478 e. The highest BCUT2D eigenvalue weighted by Gasteiger charge is 2.09. The monoisotopic (exact) mass is 307 g/mol. The number of anilines is 2. The molecule has 0 atom stereocenters. The van der Waals surface area contributed by atoms with Crippen LogP contribution in [0.25, 0.3) is 5.57 Å². The first kappa shape index (κ1) is 15.3. The highest BCUT2D eigenvalue weighted by Crippen LogP contribution is 2.29. The largest absolute Gasteiger partial charge is 0.478 e. The quantitative estimate of drug-likeness (QED) is 0.853. The Labute approximate surface area is 136 Å². The van der Waals surface area contributed by atoms with Crippen LogP contribution in [0.2, 0.25) is 0 Å². The van der Waals surface area contributed by atoms with Gasteiger partial charge in [0.05, 0.1) is 5.56 Å². The number of nitrogens with zero attached hydrogens (tertiary/aromatic N) is 1. The Kier molecular flexibility index (Phi) is 4.47. The molecule has 23 heavy (non-hydrogen) atoms. The van der Waals surface area contributed by atoms with Crippen LogP contribution in [0, 0.1) is 0 Å². The minimum absolute atomic E-state index is 0.307. The second-order valence-electron chi connectivity index (χ2n) is 5.93. The van der Waals surface area contributed by atoms with E-state index in [4.69, 9.17) is 5.11 Å². The molecule has 3 rings (SSSR count). The van der Waals surface area contributed by atoms with Crippen molar-refractivity contribution < 1.29 is 9.90 Å². The first-order valence-corrected chi connectivity index (χ1v) is 8.02. The van der Waals surface area contributed by atoms with Gasteiger partial charge in [0.25, 0.3) is 0 Å². The van der Waals surface area contributed by atoms with Gasteiger partial charge in [-0.15, -0.1) is 0 Å². The van der Waals surface area contributed by atoms with Gasteiger partial charge < -0.3 is 10.0 Å². The molecule has 0 saturated heterocycles. The summed E-state index contributed by atoms with van der Waals surface area (Å²) < 4.78 is 0. The summed E-state index contributed by atoms with van der Waals surface area (Å²) in [6.45, 7) is 0. The van der Waals surface area contributed by atoms with Crippen LogP contribution < -0.4 is 4.90 Å². The lowest BCUT2D eigenvalue weighted by Crippen LogP contribution is -2.09. The molecule has 0 unspecified atom stereocenters. The zero-order valence-electron chi connectivity index (χ0n) is 13.3. The van der Waals surface area contributed by atoms with Crippen molar-refractivity contribution in [3.8, 4) is 0 Å². The van der Waals surface area contributed by atoms with Crippen LogP contribution >= 0.6 is 0 Å². The maximum Gasteiger partial charge on any atom is 0.335 e. The molecule has 3 heteroatoms. The Bertz CT molecular complexity index is 714. The molecule has 0 aliphatic heterocycles. The molecule has 1 aliphatic carbocycles. The number of carboxylic acids is 1. The van der Waals surface area contributed by atoms with Gasteiger partial charge in [0.2, 0.25) is 0 Å². The third-order valence-electron chi connectivity index (χ3n) is 4.42. The van der Waals surface area contributed by atoms with Crippen molar-refractivity contribution in [3.63, 3.8) is 0 Å². The standard InChI is InChI=1S/C20H21NO2/c1-21(19-13-9-17(10-14-19)20(22)23)18-11-7-16(8-12-18)15-5-3-2-4-6-15/h5,7-14H,2-4,6H2,1H3,(H,22,23). The maximum absolute atomic E-state index is 10.9. The van der Waals surface area contributed by atoms with Gasteiger partial charge in [-0.25, -0.2) is 4.79 Å². The first-order valence-electron chi connectivity index (χ1n) is 8.02. The van der Waals surface area contributed by atoms with Crippen molar-refractivity contribution in [2.75, 3.05) is 11.9 Å². The van der Waals surface area contributed by atoms with Crippen LogP contribution in [0.3, 0.4) is 0 Å². The smallest absolute Gasteiger partial charge is 0.335 e. The van der Waals surface area contributed by atoms with Gasteiger partial charge in [-0.2, -0.15) is 0 Å². The molecule has 2 aromatic carbocycles. The van der Waals surface area contributed by atoms with Crippen molar-refractivity contribution in [1.82, 2.24) is 0 Å². The van der Waals surface area contributed by atoms with E-state index in [2.05, 4.69) is 35.2 Å². The number of carbonyl (C=O) groups is 1. The Morgan fingerprint density at radius 3 is 2.09 bits per heavy atom. The fraction of sp³-hybridized carbons (Fsp3) is 0.250. The van der Waals surface area contributed by atoms with E-state index in [1.807, 2.05) is 19.2 Å². The van der Waals surface area contributed by atoms with E-state index < -0.39 is 5.97 Å². The van der Waals surface area contributed by atoms with E-state index in [9.17, 15) is 4.79 Å². The molecule has 0 amide bonds. The van der Waals surface area contributed by atoms with Crippen LogP contribution in [0.5, 0.6) is 0 Å². The number of carboxylic acid groups (broad SMARTS) is 1. The van der Waals surface area contributed by atoms with Crippen molar-refractivity contribution in [2.24, 2.45) is 0 Å². The van der Waals surface area contributed by atoms with Crippen LogP contribution in [0.1, 0.15) is 41.6 Å². The van der Waals surface area contributed by atoms with Crippen molar-refractivity contribution in [3.05, 3.63) is 65.7 Å². The summed E-state index contributed by atoms with van der Waals surface area (Å²) in [6, 6.07) is 15.5. The molecule has 118 valence electrons. The highest BCUT2D eigenvalue weighted by atomic mass is 16.4. The number of hydrogen-bond donors (Lipinski definition) is 1. The lowest BCUT2D eigenvalue weighted by molar-refractivity contribution is 0.0697. The fourth-order valence-corrected chi connectivity index (χ4v) is 2.98. The number of allylic oxidation sites excluding steroid dienone is 2. The normalized spacial score (nSPS) is 14.2. The molecule has 1 aliphatic rings. The van der Waals surface area contributed by atoms with Gasteiger partial charge in [0, 0.05) is 18.4 Å². The molecular weight excluding hydrogens is 286 g/mol.